The minimum atomic E-state index is -4.12. The van der Waals surface area contributed by atoms with E-state index in [2.05, 4.69) is 13.0 Å². The van der Waals surface area contributed by atoms with E-state index in [9.17, 15) is 17.6 Å². The molecule has 1 atom stereocenters. The fourth-order valence-corrected chi connectivity index (χ4v) is 6.46. The fraction of sp³-hybridized carbons (Fsp3) is 0.444. The van der Waals surface area contributed by atoms with Crippen LogP contribution < -0.4 is 13.8 Å². The Balaban J connectivity index is 1.73. The Morgan fingerprint density at radius 2 is 1.94 bits per heavy atom. The van der Waals surface area contributed by atoms with Crippen molar-refractivity contribution in [1.29, 1.82) is 0 Å². The van der Waals surface area contributed by atoms with E-state index in [4.69, 9.17) is 14.6 Å². The third-order valence-electron chi connectivity index (χ3n) is 6.95. The Labute approximate surface area is 211 Å². The summed E-state index contributed by atoms with van der Waals surface area (Å²) in [6, 6.07) is 8.82. The lowest BCUT2D eigenvalue weighted by molar-refractivity contribution is -0.137. The number of allylic oxidation sites excluding steroid dienone is 1. The highest BCUT2D eigenvalue weighted by atomic mass is 32.2. The smallest absolute Gasteiger partial charge is 0.303 e. The van der Waals surface area contributed by atoms with Crippen molar-refractivity contribution in [2.75, 3.05) is 18.0 Å². The highest BCUT2D eigenvalue weighted by Gasteiger charge is 2.35. The molecule has 1 saturated carbocycles. The number of ether oxygens (including phenoxy) is 2. The second-order valence-corrected chi connectivity index (χ2v) is 11.3. The van der Waals surface area contributed by atoms with Gasteiger partial charge in [-0.25, -0.2) is 12.8 Å². The van der Waals surface area contributed by atoms with Gasteiger partial charge in [0.1, 0.15) is 11.9 Å². The van der Waals surface area contributed by atoms with E-state index < -0.39 is 27.9 Å². The molecular formula is C27H32FNO6S. The number of carboxylic acids is 1. The molecule has 0 unspecified atom stereocenters. The number of carboxylic acid groups (broad SMARTS) is 1. The van der Waals surface area contributed by atoms with E-state index in [1.807, 2.05) is 6.07 Å². The van der Waals surface area contributed by atoms with Gasteiger partial charge < -0.3 is 14.6 Å². The Bertz CT molecular complexity index is 1250. The zero-order chi connectivity index (χ0) is 25.9. The molecule has 0 radical (unpaired) electrons. The summed E-state index contributed by atoms with van der Waals surface area (Å²) in [5, 5.41) is 9.11. The van der Waals surface area contributed by atoms with Crippen LogP contribution >= 0.6 is 0 Å². The minimum absolute atomic E-state index is 0.0585. The molecule has 0 spiro atoms. The monoisotopic (exact) mass is 517 g/mol. The van der Waals surface area contributed by atoms with Crippen LogP contribution in [0.25, 0.3) is 6.08 Å². The van der Waals surface area contributed by atoms with Gasteiger partial charge in [-0.05, 0) is 61.9 Å². The molecule has 1 aliphatic heterocycles. The minimum Gasteiger partial charge on any atom is -0.494 e. The maximum atomic E-state index is 14.0. The van der Waals surface area contributed by atoms with Gasteiger partial charge in [0.15, 0.2) is 11.6 Å². The SMILES string of the molecule is COc1cc(S(=O)(=O)N2C[C@H](CCC(=O)O)Oc3ccc(C=C(C)C4CCCCC4)cc32)ccc1F. The number of anilines is 1. The summed E-state index contributed by atoms with van der Waals surface area (Å²) in [5.41, 5.74) is 2.50. The molecule has 9 heteroatoms. The first-order valence-corrected chi connectivity index (χ1v) is 13.7. The van der Waals surface area contributed by atoms with Crippen LogP contribution in [0.5, 0.6) is 11.5 Å². The zero-order valence-corrected chi connectivity index (χ0v) is 21.4. The zero-order valence-electron chi connectivity index (χ0n) is 20.6. The number of sulfonamides is 1. The molecule has 0 saturated heterocycles. The summed E-state index contributed by atoms with van der Waals surface area (Å²) >= 11 is 0. The molecule has 0 amide bonds. The summed E-state index contributed by atoms with van der Waals surface area (Å²) in [5.74, 6) is -0.934. The van der Waals surface area contributed by atoms with E-state index in [0.717, 1.165) is 30.5 Å². The largest absolute Gasteiger partial charge is 0.494 e. The third-order valence-corrected chi connectivity index (χ3v) is 8.72. The fourth-order valence-electron chi connectivity index (χ4n) is 4.95. The Morgan fingerprint density at radius 1 is 1.19 bits per heavy atom. The Kier molecular flexibility index (Phi) is 7.88. The van der Waals surface area contributed by atoms with Crippen molar-refractivity contribution in [2.45, 2.75) is 62.9 Å². The first-order valence-electron chi connectivity index (χ1n) is 12.3. The van der Waals surface area contributed by atoms with Gasteiger partial charge in [-0.1, -0.05) is 37.0 Å². The number of methoxy groups -OCH3 is 1. The standard InChI is InChI=1S/C27H32FNO6S/c1-18(20-6-4-3-5-7-20)14-19-8-12-25-24(15-19)29(17-21(35-25)9-13-27(30)31)36(32,33)22-10-11-23(28)26(16-22)34-2/h8,10-12,14-16,20-21H,3-7,9,13,17H2,1-2H3,(H,30,31)/t21-/m0/s1. The Morgan fingerprint density at radius 3 is 2.64 bits per heavy atom. The third kappa shape index (κ3) is 5.67. The molecule has 4 rings (SSSR count). The summed E-state index contributed by atoms with van der Waals surface area (Å²) in [6.07, 6.45) is 7.48. The predicted molar refractivity (Wildman–Crippen MR) is 135 cm³/mol. The number of rotatable bonds is 8. The lowest BCUT2D eigenvalue weighted by atomic mass is 9.84. The van der Waals surface area contributed by atoms with Crippen LogP contribution in [0, 0.1) is 11.7 Å². The van der Waals surface area contributed by atoms with Gasteiger partial charge >= 0.3 is 5.97 Å². The van der Waals surface area contributed by atoms with E-state index in [1.165, 1.54) is 42.3 Å². The van der Waals surface area contributed by atoms with Crippen molar-refractivity contribution in [2.24, 2.45) is 5.92 Å². The van der Waals surface area contributed by atoms with Gasteiger partial charge in [0, 0.05) is 12.5 Å². The van der Waals surface area contributed by atoms with Crippen LogP contribution in [-0.2, 0) is 14.8 Å². The second kappa shape index (κ2) is 10.9. The number of benzene rings is 2. The lowest BCUT2D eigenvalue weighted by Crippen LogP contribution is -2.43. The predicted octanol–water partition coefficient (Wildman–Crippen LogP) is 5.64. The average molecular weight is 518 g/mol. The normalized spacial score (nSPS) is 18.9. The molecule has 1 aliphatic carbocycles. The van der Waals surface area contributed by atoms with E-state index in [0.29, 0.717) is 17.4 Å². The van der Waals surface area contributed by atoms with Crippen molar-refractivity contribution in [1.82, 2.24) is 0 Å². The Hall–Kier alpha value is -3.07. The lowest BCUT2D eigenvalue weighted by Gasteiger charge is -2.35. The number of hydrogen-bond acceptors (Lipinski definition) is 5. The van der Waals surface area contributed by atoms with Crippen molar-refractivity contribution in [3.05, 3.63) is 53.4 Å². The number of aliphatic carboxylic acids is 1. The number of hydrogen-bond donors (Lipinski definition) is 1. The van der Waals surface area contributed by atoms with Gasteiger partial charge in [-0.15, -0.1) is 0 Å². The van der Waals surface area contributed by atoms with Gasteiger partial charge in [-0.3, -0.25) is 9.10 Å². The molecule has 1 fully saturated rings. The summed E-state index contributed by atoms with van der Waals surface area (Å²) in [7, 11) is -2.85. The first-order chi connectivity index (χ1) is 17.2. The van der Waals surface area contributed by atoms with Gasteiger partial charge in [0.05, 0.1) is 24.2 Å². The summed E-state index contributed by atoms with van der Waals surface area (Å²) < 4.78 is 53.7. The van der Waals surface area contributed by atoms with Crippen molar-refractivity contribution < 1.29 is 32.2 Å². The van der Waals surface area contributed by atoms with Crippen molar-refractivity contribution in [3.63, 3.8) is 0 Å². The maximum Gasteiger partial charge on any atom is 0.303 e. The van der Waals surface area contributed by atoms with Crippen LogP contribution in [0.3, 0.4) is 0 Å². The van der Waals surface area contributed by atoms with E-state index >= 15 is 0 Å². The number of fused-ring (bicyclic) bond motifs is 1. The van der Waals surface area contributed by atoms with Crippen LogP contribution in [0.15, 0.2) is 46.9 Å². The first kappa shape index (κ1) is 26.0. The van der Waals surface area contributed by atoms with Crippen LogP contribution in [-0.4, -0.2) is 39.3 Å². The highest BCUT2D eigenvalue weighted by molar-refractivity contribution is 7.92. The molecule has 194 valence electrons. The summed E-state index contributed by atoms with van der Waals surface area (Å²) in [6.45, 7) is 2.06. The molecular weight excluding hydrogens is 485 g/mol. The average Bonchev–Trinajstić information content (AvgIpc) is 2.87. The number of halogens is 1. The van der Waals surface area contributed by atoms with Crippen molar-refractivity contribution in [3.8, 4) is 11.5 Å². The molecule has 2 aliphatic rings. The van der Waals surface area contributed by atoms with Crippen LogP contribution in [0.1, 0.15) is 57.4 Å². The molecule has 7 nitrogen and oxygen atoms in total. The number of carbonyl (C=O) groups is 1. The summed E-state index contributed by atoms with van der Waals surface area (Å²) in [4.78, 5) is 11.0. The van der Waals surface area contributed by atoms with Gasteiger partial charge in [0.2, 0.25) is 0 Å². The van der Waals surface area contributed by atoms with Crippen LogP contribution in [0.2, 0.25) is 0 Å². The van der Waals surface area contributed by atoms with Crippen molar-refractivity contribution >= 4 is 27.8 Å². The maximum absolute atomic E-state index is 14.0. The molecule has 2 aromatic rings. The second-order valence-electron chi connectivity index (χ2n) is 9.46. The molecule has 2 aromatic carbocycles. The molecule has 0 aromatic heterocycles. The highest BCUT2D eigenvalue weighted by Crippen LogP contribution is 2.40. The van der Waals surface area contributed by atoms with Gasteiger partial charge in [0.25, 0.3) is 10.0 Å². The van der Waals surface area contributed by atoms with E-state index in [1.54, 1.807) is 12.1 Å². The molecule has 1 heterocycles. The molecule has 36 heavy (non-hydrogen) atoms. The topological polar surface area (TPSA) is 93.1 Å². The van der Waals surface area contributed by atoms with Gasteiger partial charge in [-0.2, -0.15) is 0 Å². The molecule has 0 bridgehead atoms. The quantitative estimate of drug-likeness (QED) is 0.487. The molecule has 1 N–H and O–H groups in total. The van der Waals surface area contributed by atoms with Crippen LogP contribution in [0.4, 0.5) is 10.1 Å². The number of nitrogens with zero attached hydrogens (tertiary/aromatic N) is 1. The van der Waals surface area contributed by atoms with E-state index in [-0.39, 0.29) is 30.0 Å².